The van der Waals surface area contributed by atoms with Crippen LogP contribution in [-0.2, 0) is 4.74 Å². The number of hydrogen-bond acceptors (Lipinski definition) is 4. The van der Waals surface area contributed by atoms with Crippen LogP contribution in [0, 0.1) is 0 Å². The number of rotatable bonds is 2. The number of phenolic OH excluding ortho intramolecular Hbond substituents is 1. The predicted octanol–water partition coefficient (Wildman–Crippen LogP) is 3.31. The van der Waals surface area contributed by atoms with Gasteiger partial charge in [-0.25, -0.2) is 0 Å². The highest BCUT2D eigenvalue weighted by atomic mass is 16.6. The minimum absolute atomic E-state index is 0.0656. The van der Waals surface area contributed by atoms with Crippen LogP contribution in [0.25, 0.3) is 11.0 Å². The Morgan fingerprint density at radius 2 is 1.76 bits per heavy atom. The van der Waals surface area contributed by atoms with Crippen LogP contribution in [0.5, 0.6) is 5.75 Å². The Kier molecular flexibility index (Phi) is 2.59. The lowest BCUT2D eigenvalue weighted by molar-refractivity contribution is 0.351. The first-order chi connectivity index (χ1) is 10.2. The first-order valence-electron chi connectivity index (χ1n) is 6.70. The summed E-state index contributed by atoms with van der Waals surface area (Å²) in [5, 5.41) is 9.94. The number of ether oxygens (including phenoxy) is 1. The third-order valence-corrected chi connectivity index (χ3v) is 3.65. The minimum Gasteiger partial charge on any atom is -0.507 e. The molecule has 1 aromatic heterocycles. The van der Waals surface area contributed by atoms with Gasteiger partial charge in [-0.15, -0.1) is 0 Å². The summed E-state index contributed by atoms with van der Waals surface area (Å²) in [7, 11) is 0. The largest absolute Gasteiger partial charge is 0.507 e. The Labute approximate surface area is 120 Å². The molecule has 1 saturated heterocycles. The van der Waals surface area contributed by atoms with Crippen molar-refractivity contribution in [3.05, 3.63) is 76.1 Å². The Morgan fingerprint density at radius 1 is 0.952 bits per heavy atom. The third kappa shape index (κ3) is 2.00. The van der Waals surface area contributed by atoms with Crippen LogP contribution in [0.1, 0.15) is 23.5 Å². The highest BCUT2D eigenvalue weighted by Crippen LogP contribution is 2.50. The first-order valence-corrected chi connectivity index (χ1v) is 6.70. The second-order valence-electron chi connectivity index (χ2n) is 5.05. The average molecular weight is 280 g/mol. The summed E-state index contributed by atoms with van der Waals surface area (Å²) in [5.41, 5.74) is 1.17. The molecular formula is C17H12O4. The smallest absolute Gasteiger partial charge is 0.196 e. The van der Waals surface area contributed by atoms with E-state index in [1.165, 1.54) is 12.1 Å². The lowest BCUT2D eigenvalue weighted by Crippen LogP contribution is -2.02. The van der Waals surface area contributed by atoms with Crippen molar-refractivity contribution in [2.75, 3.05) is 0 Å². The fraction of sp³-hybridized carbons (Fsp3) is 0.118. The fourth-order valence-electron chi connectivity index (χ4n) is 2.58. The van der Waals surface area contributed by atoms with Gasteiger partial charge in [-0.1, -0.05) is 36.4 Å². The van der Waals surface area contributed by atoms with Crippen LogP contribution in [0.3, 0.4) is 0 Å². The van der Waals surface area contributed by atoms with Crippen molar-refractivity contribution < 1.29 is 14.3 Å². The zero-order valence-corrected chi connectivity index (χ0v) is 11.0. The molecule has 1 fully saturated rings. The molecule has 0 radical (unpaired) electrons. The van der Waals surface area contributed by atoms with Gasteiger partial charge in [0.25, 0.3) is 0 Å². The number of hydrogen-bond donors (Lipinski definition) is 1. The van der Waals surface area contributed by atoms with Gasteiger partial charge in [0.15, 0.2) is 5.43 Å². The van der Waals surface area contributed by atoms with Crippen molar-refractivity contribution in [3.8, 4) is 5.75 Å². The minimum atomic E-state index is -0.258. The van der Waals surface area contributed by atoms with E-state index in [0.29, 0.717) is 11.3 Å². The van der Waals surface area contributed by atoms with Gasteiger partial charge >= 0.3 is 0 Å². The van der Waals surface area contributed by atoms with Gasteiger partial charge in [-0.3, -0.25) is 4.79 Å². The fourth-order valence-corrected chi connectivity index (χ4v) is 2.58. The lowest BCUT2D eigenvalue weighted by Gasteiger charge is -2.02. The molecule has 0 aliphatic carbocycles. The van der Waals surface area contributed by atoms with Gasteiger partial charge in [-0.05, 0) is 17.7 Å². The van der Waals surface area contributed by atoms with E-state index in [9.17, 15) is 9.90 Å². The molecule has 2 heterocycles. The van der Waals surface area contributed by atoms with Gasteiger partial charge < -0.3 is 14.3 Å². The highest BCUT2D eigenvalue weighted by Gasteiger charge is 2.43. The Balaban J connectivity index is 1.75. The van der Waals surface area contributed by atoms with Crippen LogP contribution in [0.15, 0.2) is 63.8 Å². The topological polar surface area (TPSA) is 63.0 Å². The zero-order valence-electron chi connectivity index (χ0n) is 11.0. The SMILES string of the molecule is O=c1cc([C@@H]2O[C@@H]2c2ccccc2)oc2cccc(O)c12. The predicted molar refractivity (Wildman–Crippen MR) is 77.2 cm³/mol. The summed E-state index contributed by atoms with van der Waals surface area (Å²) in [6.07, 6.45) is -0.323. The molecule has 1 N–H and O–H groups in total. The zero-order chi connectivity index (χ0) is 14.4. The van der Waals surface area contributed by atoms with Crippen LogP contribution in [0.2, 0.25) is 0 Å². The Hall–Kier alpha value is -2.59. The molecule has 0 bridgehead atoms. The Morgan fingerprint density at radius 3 is 2.57 bits per heavy atom. The average Bonchev–Trinajstić information content (AvgIpc) is 3.28. The Bertz CT molecular complexity index is 867. The molecule has 0 saturated carbocycles. The molecule has 0 amide bonds. The van der Waals surface area contributed by atoms with Crippen LogP contribution >= 0.6 is 0 Å². The third-order valence-electron chi connectivity index (χ3n) is 3.65. The van der Waals surface area contributed by atoms with Gasteiger partial charge in [0.05, 0.1) is 0 Å². The summed E-state index contributed by atoms with van der Waals surface area (Å²) in [4.78, 5) is 12.1. The van der Waals surface area contributed by atoms with E-state index in [0.717, 1.165) is 5.56 Å². The molecule has 21 heavy (non-hydrogen) atoms. The first kappa shape index (κ1) is 12.2. The normalized spacial score (nSPS) is 20.6. The van der Waals surface area contributed by atoms with Gasteiger partial charge in [0.2, 0.25) is 0 Å². The van der Waals surface area contributed by atoms with Gasteiger partial charge in [-0.2, -0.15) is 0 Å². The van der Waals surface area contributed by atoms with Crippen LogP contribution < -0.4 is 5.43 Å². The van der Waals surface area contributed by atoms with E-state index in [4.69, 9.17) is 9.15 Å². The molecule has 1 aliphatic heterocycles. The molecule has 4 nitrogen and oxygen atoms in total. The van der Waals surface area contributed by atoms with E-state index in [-0.39, 0.29) is 28.8 Å². The number of phenols is 1. The molecule has 0 unspecified atom stereocenters. The van der Waals surface area contributed by atoms with E-state index >= 15 is 0 Å². The molecule has 2 atom stereocenters. The van der Waals surface area contributed by atoms with E-state index in [2.05, 4.69) is 0 Å². The maximum atomic E-state index is 12.1. The maximum Gasteiger partial charge on any atom is 0.196 e. The standard InChI is InChI=1S/C17H12O4/c18-11-7-4-8-13-15(11)12(19)9-14(20-13)17-16(21-17)10-5-2-1-3-6-10/h1-9,16-18H/t16-,17+/m1/s1. The summed E-state index contributed by atoms with van der Waals surface area (Å²) < 4.78 is 11.3. The van der Waals surface area contributed by atoms with E-state index in [1.807, 2.05) is 30.3 Å². The monoisotopic (exact) mass is 280 g/mol. The molecule has 4 heteroatoms. The summed E-state index contributed by atoms with van der Waals surface area (Å²) >= 11 is 0. The van der Waals surface area contributed by atoms with Crippen molar-refractivity contribution in [2.45, 2.75) is 12.2 Å². The van der Waals surface area contributed by atoms with Crippen molar-refractivity contribution in [1.29, 1.82) is 0 Å². The summed E-state index contributed by atoms with van der Waals surface area (Å²) in [6.45, 7) is 0. The number of epoxide rings is 1. The lowest BCUT2D eigenvalue weighted by atomic mass is 10.1. The van der Waals surface area contributed by atoms with Gasteiger partial charge in [0.1, 0.15) is 34.7 Å². The summed E-state index contributed by atoms with van der Waals surface area (Å²) in [5.74, 6) is 0.427. The molecule has 4 rings (SSSR count). The molecule has 3 aromatic rings. The second-order valence-corrected chi connectivity index (χ2v) is 5.05. The molecule has 104 valence electrons. The van der Waals surface area contributed by atoms with Crippen molar-refractivity contribution in [3.63, 3.8) is 0 Å². The van der Waals surface area contributed by atoms with Crippen molar-refractivity contribution in [2.24, 2.45) is 0 Å². The molecule has 0 spiro atoms. The second kappa shape index (κ2) is 4.46. The van der Waals surface area contributed by atoms with Crippen molar-refractivity contribution >= 4 is 11.0 Å². The number of aromatic hydroxyl groups is 1. The highest BCUT2D eigenvalue weighted by molar-refractivity contribution is 5.82. The molecule has 2 aromatic carbocycles. The van der Waals surface area contributed by atoms with Crippen molar-refractivity contribution in [1.82, 2.24) is 0 Å². The van der Waals surface area contributed by atoms with E-state index < -0.39 is 0 Å². The van der Waals surface area contributed by atoms with E-state index in [1.54, 1.807) is 12.1 Å². The quantitative estimate of drug-likeness (QED) is 0.731. The maximum absolute atomic E-state index is 12.1. The van der Waals surface area contributed by atoms with Crippen LogP contribution in [0.4, 0.5) is 0 Å². The number of fused-ring (bicyclic) bond motifs is 1. The summed E-state index contributed by atoms with van der Waals surface area (Å²) in [6, 6.07) is 16.0. The molecule has 1 aliphatic rings. The van der Waals surface area contributed by atoms with Crippen LogP contribution in [-0.4, -0.2) is 5.11 Å². The van der Waals surface area contributed by atoms with Gasteiger partial charge in [0, 0.05) is 6.07 Å². The molecular weight excluding hydrogens is 268 g/mol. The number of benzene rings is 2.